The molecule has 0 spiro atoms. The Morgan fingerprint density at radius 3 is 2.80 bits per heavy atom. The van der Waals surface area contributed by atoms with Crippen LogP contribution in [0.1, 0.15) is 22.3 Å². The van der Waals surface area contributed by atoms with Gasteiger partial charge in [0, 0.05) is 19.0 Å². The summed E-state index contributed by atoms with van der Waals surface area (Å²) in [5.74, 6) is 3.84. The third-order valence-corrected chi connectivity index (χ3v) is 2.37. The molecule has 2 amide bonds. The van der Waals surface area contributed by atoms with Crippen LogP contribution in [-0.4, -0.2) is 37.1 Å². The number of hydrogen-bond acceptors (Lipinski definition) is 3. The Labute approximate surface area is 116 Å². The summed E-state index contributed by atoms with van der Waals surface area (Å²) in [6, 6.07) is 3.63. The maximum Gasteiger partial charge on any atom is 0.253 e. The predicted molar refractivity (Wildman–Crippen MR) is 71.4 cm³/mol. The quantitative estimate of drug-likeness (QED) is 0.680. The number of amides is 2. The van der Waals surface area contributed by atoms with Gasteiger partial charge in [-0.1, -0.05) is 11.8 Å². The van der Waals surface area contributed by atoms with Gasteiger partial charge in [-0.15, -0.1) is 0 Å². The maximum atomic E-state index is 13.2. The van der Waals surface area contributed by atoms with Crippen molar-refractivity contribution in [3.8, 4) is 11.8 Å². The normalized spacial score (nSPS) is 9.35. The second-order valence-corrected chi connectivity index (χ2v) is 3.82. The molecule has 0 heterocycles. The van der Waals surface area contributed by atoms with Gasteiger partial charge < -0.3 is 15.7 Å². The van der Waals surface area contributed by atoms with Crippen molar-refractivity contribution in [2.24, 2.45) is 0 Å². The molecule has 3 N–H and O–H groups in total. The van der Waals surface area contributed by atoms with Crippen LogP contribution in [0.2, 0.25) is 0 Å². The Morgan fingerprint density at radius 2 is 2.15 bits per heavy atom. The molecular formula is C14H15FN2O3. The monoisotopic (exact) mass is 278 g/mol. The summed E-state index contributed by atoms with van der Waals surface area (Å²) < 4.78 is 13.2. The molecule has 5 nitrogen and oxygen atoms in total. The number of benzene rings is 1. The third kappa shape index (κ3) is 4.71. The smallest absolute Gasteiger partial charge is 0.253 e. The van der Waals surface area contributed by atoms with Crippen molar-refractivity contribution in [1.29, 1.82) is 0 Å². The Kier molecular flexibility index (Phi) is 6.20. The minimum atomic E-state index is -0.582. The van der Waals surface area contributed by atoms with E-state index in [-0.39, 0.29) is 31.0 Å². The Hall–Kier alpha value is -2.39. The fourth-order valence-corrected chi connectivity index (χ4v) is 1.37. The lowest BCUT2D eigenvalue weighted by Gasteiger charge is -2.06. The van der Waals surface area contributed by atoms with Crippen molar-refractivity contribution >= 4 is 11.8 Å². The standard InChI is InChI=1S/C14H15FN2O3/c1-16-13(19)9-17-14(20)12-8-11(15)6-5-10(12)4-2-3-7-18/h5-6,8,18H,3,7,9H2,1H3,(H,16,19)(H,17,20). The van der Waals surface area contributed by atoms with Crippen molar-refractivity contribution in [2.75, 3.05) is 20.2 Å². The number of nitrogens with one attached hydrogen (secondary N) is 2. The van der Waals surface area contributed by atoms with Crippen LogP contribution in [-0.2, 0) is 4.79 Å². The van der Waals surface area contributed by atoms with E-state index in [0.717, 1.165) is 6.07 Å². The molecule has 1 aromatic rings. The highest BCUT2D eigenvalue weighted by molar-refractivity contribution is 5.98. The lowest BCUT2D eigenvalue weighted by molar-refractivity contribution is -0.119. The Balaban J connectivity index is 2.91. The highest BCUT2D eigenvalue weighted by atomic mass is 19.1. The van der Waals surface area contributed by atoms with Gasteiger partial charge in [0.1, 0.15) is 5.82 Å². The molecule has 0 aliphatic rings. The summed E-state index contributed by atoms with van der Waals surface area (Å²) in [5, 5.41) is 13.4. The van der Waals surface area contributed by atoms with E-state index in [1.807, 2.05) is 0 Å². The van der Waals surface area contributed by atoms with Crippen LogP contribution in [0, 0.1) is 17.7 Å². The number of carbonyl (C=O) groups is 2. The number of likely N-dealkylation sites (N-methyl/N-ethyl adjacent to an activating group) is 1. The largest absolute Gasteiger partial charge is 0.395 e. The third-order valence-electron chi connectivity index (χ3n) is 2.37. The summed E-state index contributed by atoms with van der Waals surface area (Å²) >= 11 is 0. The van der Waals surface area contributed by atoms with E-state index in [2.05, 4.69) is 22.5 Å². The van der Waals surface area contributed by atoms with E-state index in [4.69, 9.17) is 5.11 Å². The zero-order chi connectivity index (χ0) is 15.0. The van der Waals surface area contributed by atoms with Crippen LogP contribution in [0.3, 0.4) is 0 Å². The van der Waals surface area contributed by atoms with Crippen molar-refractivity contribution < 1.29 is 19.1 Å². The highest BCUT2D eigenvalue weighted by Gasteiger charge is 2.12. The second kappa shape index (κ2) is 7.92. The summed E-state index contributed by atoms with van der Waals surface area (Å²) in [4.78, 5) is 23.0. The second-order valence-electron chi connectivity index (χ2n) is 3.82. The number of hydrogen-bond donors (Lipinski definition) is 3. The van der Waals surface area contributed by atoms with E-state index in [9.17, 15) is 14.0 Å². The molecular weight excluding hydrogens is 263 g/mol. The molecule has 0 saturated carbocycles. The Bertz CT molecular complexity index is 561. The fourth-order valence-electron chi connectivity index (χ4n) is 1.37. The minimum absolute atomic E-state index is 0.0549. The fraction of sp³-hybridized carbons (Fsp3) is 0.286. The highest BCUT2D eigenvalue weighted by Crippen LogP contribution is 2.10. The van der Waals surface area contributed by atoms with E-state index in [1.165, 1.54) is 19.2 Å². The molecule has 0 bridgehead atoms. The van der Waals surface area contributed by atoms with Crippen LogP contribution in [0.4, 0.5) is 4.39 Å². The first-order chi connectivity index (χ1) is 9.58. The first-order valence-electron chi connectivity index (χ1n) is 5.96. The zero-order valence-electron chi connectivity index (χ0n) is 11.0. The van der Waals surface area contributed by atoms with Crippen molar-refractivity contribution in [1.82, 2.24) is 10.6 Å². The SMILES string of the molecule is CNC(=O)CNC(=O)c1cc(F)ccc1C#CCCO. The van der Waals surface area contributed by atoms with Crippen LogP contribution in [0.5, 0.6) is 0 Å². The molecule has 0 aliphatic heterocycles. The van der Waals surface area contributed by atoms with Gasteiger partial charge in [0.25, 0.3) is 5.91 Å². The van der Waals surface area contributed by atoms with Gasteiger partial charge in [0.2, 0.25) is 5.91 Å². The molecule has 0 atom stereocenters. The molecule has 0 aliphatic carbocycles. The van der Waals surface area contributed by atoms with E-state index in [1.54, 1.807) is 0 Å². The molecule has 0 unspecified atom stereocenters. The van der Waals surface area contributed by atoms with E-state index in [0.29, 0.717) is 5.56 Å². The van der Waals surface area contributed by atoms with Crippen LogP contribution < -0.4 is 10.6 Å². The molecule has 0 radical (unpaired) electrons. The van der Waals surface area contributed by atoms with Gasteiger partial charge in [0.05, 0.1) is 18.7 Å². The molecule has 20 heavy (non-hydrogen) atoms. The topological polar surface area (TPSA) is 78.4 Å². The van der Waals surface area contributed by atoms with Gasteiger partial charge in [-0.05, 0) is 18.2 Å². The maximum absolute atomic E-state index is 13.2. The van der Waals surface area contributed by atoms with E-state index < -0.39 is 11.7 Å². The number of aliphatic hydroxyl groups is 1. The number of carbonyl (C=O) groups excluding carboxylic acids is 2. The molecule has 0 fully saturated rings. The molecule has 6 heteroatoms. The first-order valence-corrected chi connectivity index (χ1v) is 5.96. The van der Waals surface area contributed by atoms with Gasteiger partial charge >= 0.3 is 0 Å². The van der Waals surface area contributed by atoms with Crippen molar-refractivity contribution in [3.05, 3.63) is 35.1 Å². The lowest BCUT2D eigenvalue weighted by Crippen LogP contribution is -2.35. The van der Waals surface area contributed by atoms with Gasteiger partial charge in [-0.3, -0.25) is 9.59 Å². The lowest BCUT2D eigenvalue weighted by atomic mass is 10.1. The number of aliphatic hydroxyl groups excluding tert-OH is 1. The molecule has 1 aromatic carbocycles. The van der Waals surface area contributed by atoms with Crippen molar-refractivity contribution in [2.45, 2.75) is 6.42 Å². The average Bonchev–Trinajstić information content (AvgIpc) is 2.46. The predicted octanol–water partition coefficient (Wildman–Crippen LogP) is 0.0354. The molecule has 106 valence electrons. The van der Waals surface area contributed by atoms with Crippen molar-refractivity contribution in [3.63, 3.8) is 0 Å². The van der Waals surface area contributed by atoms with Gasteiger partial charge in [-0.25, -0.2) is 4.39 Å². The summed E-state index contributed by atoms with van der Waals surface area (Å²) in [5.41, 5.74) is 0.397. The van der Waals surface area contributed by atoms with E-state index >= 15 is 0 Å². The molecule has 0 aromatic heterocycles. The summed E-state index contributed by atoms with van der Waals surface area (Å²) in [6.45, 7) is -0.290. The average molecular weight is 278 g/mol. The van der Waals surface area contributed by atoms with Crippen LogP contribution >= 0.6 is 0 Å². The molecule has 1 rings (SSSR count). The summed E-state index contributed by atoms with van der Waals surface area (Å²) in [7, 11) is 1.45. The van der Waals surface area contributed by atoms with Gasteiger partial charge in [-0.2, -0.15) is 0 Å². The van der Waals surface area contributed by atoms with Crippen LogP contribution in [0.15, 0.2) is 18.2 Å². The van der Waals surface area contributed by atoms with Gasteiger partial charge in [0.15, 0.2) is 0 Å². The number of halogens is 1. The number of rotatable bonds is 4. The molecule has 0 saturated heterocycles. The summed E-state index contributed by atoms with van der Waals surface area (Å²) in [6.07, 6.45) is 0.261. The zero-order valence-corrected chi connectivity index (χ0v) is 11.0. The Morgan fingerprint density at radius 1 is 1.40 bits per heavy atom. The van der Waals surface area contributed by atoms with Crippen LogP contribution in [0.25, 0.3) is 0 Å². The minimum Gasteiger partial charge on any atom is -0.395 e. The first kappa shape index (κ1) is 15.7.